The summed E-state index contributed by atoms with van der Waals surface area (Å²) in [6.45, 7) is 9.72. The molecule has 230 valence electrons. The van der Waals surface area contributed by atoms with Crippen LogP contribution < -0.4 is 10.2 Å². The van der Waals surface area contributed by atoms with Gasteiger partial charge >= 0.3 is 8.60 Å². The van der Waals surface area contributed by atoms with Crippen LogP contribution in [-0.2, 0) is 13.6 Å². The fourth-order valence-electron chi connectivity index (χ4n) is 4.98. The van der Waals surface area contributed by atoms with Gasteiger partial charge in [0.05, 0.1) is 19.3 Å². The number of hydrogen-bond donors (Lipinski definition) is 1. The van der Waals surface area contributed by atoms with E-state index in [9.17, 15) is 9.59 Å². The van der Waals surface area contributed by atoms with Gasteiger partial charge in [0.15, 0.2) is 0 Å². The average molecular weight is 625 g/mol. The summed E-state index contributed by atoms with van der Waals surface area (Å²) >= 11 is 6.47. The maximum Gasteiger partial charge on any atom is 0.333 e. The minimum Gasteiger partial charge on any atom is -0.322 e. The molecule has 1 N–H and O–H groups in total. The van der Waals surface area contributed by atoms with Crippen LogP contribution in [0.25, 0.3) is 0 Å². The highest BCUT2D eigenvalue weighted by molar-refractivity contribution is 7.41. The number of nitrogens with zero attached hydrogens (tertiary/aromatic N) is 1. The second-order valence-corrected chi connectivity index (χ2v) is 12.4. The van der Waals surface area contributed by atoms with E-state index in [1.54, 1.807) is 29.2 Å². The standard InChI is InChI=1S/C34H42ClN2O5P/c1-5-7-20-40-43(41-21-8-6-2)42-32-14-11-19-37(31-18-15-26(35)23-30(31)32)34(39)29-17-16-27(22-25(29)4)36-33(38)28-13-10-9-12-24(28)3/h9-10,12-13,15-18,22-23,32H,5-8,11,14,19-21H2,1-4H3,(H,36,38). The molecule has 2 amide bonds. The molecule has 4 rings (SSSR count). The van der Waals surface area contributed by atoms with Gasteiger partial charge in [-0.05, 0) is 93.1 Å². The first-order valence-electron chi connectivity index (χ1n) is 15.1. The van der Waals surface area contributed by atoms with Gasteiger partial charge in [0.25, 0.3) is 11.8 Å². The molecule has 1 aliphatic rings. The second kappa shape index (κ2) is 16.3. The summed E-state index contributed by atoms with van der Waals surface area (Å²) in [4.78, 5) is 28.7. The van der Waals surface area contributed by atoms with Crippen molar-refractivity contribution in [3.8, 4) is 0 Å². The molecule has 0 saturated heterocycles. The second-order valence-electron chi connectivity index (χ2n) is 10.8. The van der Waals surface area contributed by atoms with Crippen LogP contribution in [0, 0.1) is 13.8 Å². The predicted molar refractivity (Wildman–Crippen MR) is 175 cm³/mol. The monoisotopic (exact) mass is 624 g/mol. The van der Waals surface area contributed by atoms with Crippen molar-refractivity contribution in [1.29, 1.82) is 0 Å². The lowest BCUT2D eigenvalue weighted by Gasteiger charge is -2.26. The Bertz CT molecular complexity index is 1390. The number of carbonyl (C=O) groups excluding carboxylic acids is 2. The maximum atomic E-state index is 14.0. The van der Waals surface area contributed by atoms with E-state index in [0.29, 0.717) is 48.0 Å². The van der Waals surface area contributed by atoms with Crippen LogP contribution in [0.1, 0.15) is 95.9 Å². The molecule has 0 fully saturated rings. The van der Waals surface area contributed by atoms with Crippen LogP contribution in [0.3, 0.4) is 0 Å². The Labute approximate surface area is 261 Å². The molecule has 1 atom stereocenters. The fraction of sp³-hybridized carbons (Fsp3) is 0.412. The Morgan fingerprint density at radius 3 is 2.33 bits per heavy atom. The fourth-order valence-corrected chi connectivity index (χ4v) is 6.34. The van der Waals surface area contributed by atoms with Crippen molar-refractivity contribution >= 4 is 43.4 Å². The number of anilines is 2. The molecule has 0 bridgehead atoms. The van der Waals surface area contributed by atoms with E-state index in [0.717, 1.165) is 54.5 Å². The molecule has 0 spiro atoms. The zero-order valence-electron chi connectivity index (χ0n) is 25.5. The topological polar surface area (TPSA) is 77.1 Å². The van der Waals surface area contributed by atoms with Crippen molar-refractivity contribution in [2.75, 3.05) is 30.0 Å². The van der Waals surface area contributed by atoms with E-state index in [-0.39, 0.29) is 17.9 Å². The summed E-state index contributed by atoms with van der Waals surface area (Å²) in [6.07, 6.45) is 5.03. The Hall–Kier alpha value is -2.80. The Morgan fingerprint density at radius 1 is 0.930 bits per heavy atom. The van der Waals surface area contributed by atoms with Crippen LogP contribution in [0.4, 0.5) is 11.4 Å². The zero-order chi connectivity index (χ0) is 30.8. The molecule has 1 aliphatic heterocycles. The van der Waals surface area contributed by atoms with Crippen molar-refractivity contribution in [3.63, 3.8) is 0 Å². The van der Waals surface area contributed by atoms with Gasteiger partial charge in [0, 0.05) is 39.6 Å². The smallest absolute Gasteiger partial charge is 0.322 e. The first-order chi connectivity index (χ1) is 20.8. The summed E-state index contributed by atoms with van der Waals surface area (Å²) in [5, 5.41) is 3.54. The summed E-state index contributed by atoms with van der Waals surface area (Å²) < 4.78 is 18.5. The molecule has 3 aromatic carbocycles. The van der Waals surface area contributed by atoms with Crippen LogP contribution in [-0.4, -0.2) is 31.6 Å². The summed E-state index contributed by atoms with van der Waals surface area (Å²) in [6, 6.07) is 18.4. The summed E-state index contributed by atoms with van der Waals surface area (Å²) in [5.41, 5.74) is 5.12. The minimum atomic E-state index is -1.54. The lowest BCUT2D eigenvalue weighted by atomic mass is 10.0. The van der Waals surface area contributed by atoms with Gasteiger partial charge in [0.1, 0.15) is 0 Å². The number of hydrogen-bond acceptors (Lipinski definition) is 5. The number of nitrogens with one attached hydrogen (secondary N) is 1. The molecular weight excluding hydrogens is 583 g/mol. The van der Waals surface area contributed by atoms with Crippen LogP contribution in [0.5, 0.6) is 0 Å². The normalized spacial score (nSPS) is 14.8. The number of unbranched alkanes of at least 4 members (excludes halogenated alkanes) is 2. The van der Waals surface area contributed by atoms with Crippen molar-refractivity contribution < 1.29 is 23.2 Å². The van der Waals surface area contributed by atoms with Gasteiger partial charge in [-0.1, -0.05) is 56.5 Å². The molecule has 0 aromatic heterocycles. The largest absolute Gasteiger partial charge is 0.333 e. The quantitative estimate of drug-likeness (QED) is 0.151. The Kier molecular flexibility index (Phi) is 12.6. The third-order valence-corrected chi connectivity index (χ3v) is 8.88. The van der Waals surface area contributed by atoms with E-state index in [1.165, 1.54) is 0 Å². The van der Waals surface area contributed by atoms with Gasteiger partial charge in [-0.3, -0.25) is 9.59 Å². The number of rotatable bonds is 13. The van der Waals surface area contributed by atoms with E-state index < -0.39 is 8.60 Å². The molecule has 0 aliphatic carbocycles. The third kappa shape index (κ3) is 8.87. The Morgan fingerprint density at radius 2 is 1.65 bits per heavy atom. The van der Waals surface area contributed by atoms with E-state index in [4.69, 9.17) is 25.2 Å². The highest BCUT2D eigenvalue weighted by Crippen LogP contribution is 2.49. The molecule has 0 radical (unpaired) electrons. The molecule has 3 aromatic rings. The lowest BCUT2D eigenvalue weighted by Crippen LogP contribution is -2.32. The summed E-state index contributed by atoms with van der Waals surface area (Å²) in [7, 11) is -1.54. The molecule has 7 nitrogen and oxygen atoms in total. The number of carbonyl (C=O) groups is 2. The number of fused-ring (bicyclic) bond motifs is 1. The summed E-state index contributed by atoms with van der Waals surface area (Å²) in [5.74, 6) is -0.294. The van der Waals surface area contributed by atoms with Gasteiger partial charge < -0.3 is 23.8 Å². The minimum absolute atomic E-state index is 0.112. The third-order valence-electron chi connectivity index (χ3n) is 7.43. The first kappa shape index (κ1) is 33.1. The van der Waals surface area contributed by atoms with Gasteiger partial charge in [0.2, 0.25) is 0 Å². The van der Waals surface area contributed by atoms with Crippen LogP contribution in [0.15, 0.2) is 60.7 Å². The van der Waals surface area contributed by atoms with Gasteiger partial charge in [-0.2, -0.15) is 0 Å². The molecule has 43 heavy (non-hydrogen) atoms. The van der Waals surface area contributed by atoms with Crippen LogP contribution >= 0.6 is 20.2 Å². The lowest BCUT2D eigenvalue weighted by molar-refractivity contribution is 0.0984. The van der Waals surface area contributed by atoms with Crippen molar-refractivity contribution in [2.45, 2.75) is 72.3 Å². The van der Waals surface area contributed by atoms with Gasteiger partial charge in [-0.15, -0.1) is 0 Å². The molecule has 0 saturated carbocycles. The average Bonchev–Trinajstić information content (AvgIpc) is 3.16. The maximum absolute atomic E-state index is 14.0. The molecule has 9 heteroatoms. The Balaban J connectivity index is 1.55. The van der Waals surface area contributed by atoms with Gasteiger partial charge in [-0.25, -0.2) is 0 Å². The van der Waals surface area contributed by atoms with E-state index >= 15 is 0 Å². The zero-order valence-corrected chi connectivity index (χ0v) is 27.2. The number of halogens is 1. The highest BCUT2D eigenvalue weighted by Gasteiger charge is 2.31. The SMILES string of the molecule is CCCCOP(OCCCC)OC1CCCN(C(=O)c2ccc(NC(=O)c3ccccc3C)cc2C)c2ccc(Cl)cc21. The molecule has 1 unspecified atom stereocenters. The number of amides is 2. The molecule has 1 heterocycles. The highest BCUT2D eigenvalue weighted by atomic mass is 35.5. The predicted octanol–water partition coefficient (Wildman–Crippen LogP) is 9.57. The van der Waals surface area contributed by atoms with Crippen molar-refractivity contribution in [3.05, 3.63) is 93.5 Å². The van der Waals surface area contributed by atoms with Crippen molar-refractivity contribution in [2.24, 2.45) is 0 Å². The number of aryl methyl sites for hydroxylation is 2. The molecular formula is C34H42ClN2O5P. The van der Waals surface area contributed by atoms with E-state index in [2.05, 4.69) is 19.2 Å². The first-order valence-corrected chi connectivity index (χ1v) is 16.6. The number of benzene rings is 3. The van der Waals surface area contributed by atoms with E-state index in [1.807, 2.05) is 50.2 Å². The van der Waals surface area contributed by atoms with Crippen molar-refractivity contribution in [1.82, 2.24) is 0 Å². The van der Waals surface area contributed by atoms with Crippen LogP contribution in [0.2, 0.25) is 5.02 Å².